The Morgan fingerprint density at radius 1 is 1.17 bits per heavy atom. The normalized spacial score (nSPS) is 20.6. The van der Waals surface area contributed by atoms with E-state index in [1.807, 2.05) is 23.1 Å². The van der Waals surface area contributed by atoms with Gasteiger partial charge in [0, 0.05) is 35.9 Å². The molecule has 176 valence electrons. The summed E-state index contributed by atoms with van der Waals surface area (Å²) in [6, 6.07) is 13.4. The Hall–Kier alpha value is -3.85. The molecule has 2 unspecified atom stereocenters. The van der Waals surface area contributed by atoms with Gasteiger partial charge in [0.1, 0.15) is 11.5 Å². The summed E-state index contributed by atoms with van der Waals surface area (Å²) in [5.41, 5.74) is 7.35. The fraction of sp³-hybridized carbons (Fsp3) is 0.231. The summed E-state index contributed by atoms with van der Waals surface area (Å²) < 4.78 is 13.9. The summed E-state index contributed by atoms with van der Waals surface area (Å²) in [6.45, 7) is 0.341. The van der Waals surface area contributed by atoms with Gasteiger partial charge in [-0.15, -0.1) is 0 Å². The Labute approximate surface area is 204 Å². The van der Waals surface area contributed by atoms with E-state index in [1.165, 1.54) is 23.5 Å². The minimum Gasteiger partial charge on any atom is -0.375 e. The predicted octanol–water partition coefficient (Wildman–Crippen LogP) is 4.11. The van der Waals surface area contributed by atoms with Crippen LogP contribution in [-0.4, -0.2) is 45.3 Å². The molecule has 2 aliphatic rings. The number of fused-ring (bicyclic) bond motifs is 2. The average Bonchev–Trinajstić information content (AvgIpc) is 3.35. The number of halogens is 1. The van der Waals surface area contributed by atoms with Gasteiger partial charge in [-0.3, -0.25) is 14.6 Å². The SMILES string of the molecule is Nc1nc(C(=O)N2C3CC3C[C@H]2CNC(=O)c2cccc3cnccc23)c(-c2cccc(F)c2)s1. The fourth-order valence-corrected chi connectivity index (χ4v) is 5.93. The number of likely N-dealkylation sites (tertiary alicyclic amines) is 1. The summed E-state index contributed by atoms with van der Waals surface area (Å²) >= 11 is 1.17. The highest BCUT2D eigenvalue weighted by Gasteiger charge is 2.54. The number of benzene rings is 2. The van der Waals surface area contributed by atoms with E-state index in [4.69, 9.17) is 5.73 Å². The van der Waals surface area contributed by atoms with Gasteiger partial charge in [-0.25, -0.2) is 9.37 Å². The number of nitrogens with one attached hydrogen (secondary N) is 1. The number of rotatable bonds is 5. The van der Waals surface area contributed by atoms with Gasteiger partial charge in [0.05, 0.1) is 10.9 Å². The van der Waals surface area contributed by atoms with Crippen LogP contribution in [0.25, 0.3) is 21.2 Å². The highest BCUT2D eigenvalue weighted by Crippen LogP contribution is 2.49. The van der Waals surface area contributed by atoms with Gasteiger partial charge in [-0.05, 0) is 54.0 Å². The lowest BCUT2D eigenvalue weighted by molar-refractivity contribution is 0.0685. The second-order valence-corrected chi connectivity index (χ2v) is 10.0. The largest absolute Gasteiger partial charge is 0.375 e. The van der Waals surface area contributed by atoms with Gasteiger partial charge in [0.2, 0.25) is 0 Å². The highest BCUT2D eigenvalue weighted by atomic mass is 32.1. The van der Waals surface area contributed by atoms with Crippen molar-refractivity contribution in [2.24, 2.45) is 5.92 Å². The summed E-state index contributed by atoms with van der Waals surface area (Å²) in [6.07, 6.45) is 5.17. The monoisotopic (exact) mass is 487 g/mol. The van der Waals surface area contributed by atoms with Gasteiger partial charge in [-0.1, -0.05) is 35.6 Å². The van der Waals surface area contributed by atoms with Crippen molar-refractivity contribution >= 4 is 39.1 Å². The van der Waals surface area contributed by atoms with Crippen LogP contribution >= 0.6 is 11.3 Å². The first-order valence-corrected chi connectivity index (χ1v) is 12.3. The van der Waals surface area contributed by atoms with Crippen LogP contribution in [-0.2, 0) is 0 Å². The molecular weight excluding hydrogens is 465 g/mol. The van der Waals surface area contributed by atoms with E-state index in [2.05, 4.69) is 15.3 Å². The number of aromatic nitrogens is 2. The Morgan fingerprint density at radius 3 is 2.89 bits per heavy atom. The van der Waals surface area contributed by atoms with E-state index in [0.29, 0.717) is 28.5 Å². The number of nitrogens with two attached hydrogens (primary N) is 1. The van der Waals surface area contributed by atoms with Gasteiger partial charge in [0.25, 0.3) is 11.8 Å². The summed E-state index contributed by atoms with van der Waals surface area (Å²) in [5, 5.41) is 5.01. The van der Waals surface area contributed by atoms with E-state index in [1.54, 1.807) is 30.6 Å². The molecule has 6 rings (SSSR count). The third-order valence-corrected chi connectivity index (χ3v) is 7.74. The van der Waals surface area contributed by atoms with Gasteiger partial charge in [0.15, 0.2) is 5.13 Å². The summed E-state index contributed by atoms with van der Waals surface area (Å²) in [5.74, 6) is -0.370. The molecule has 1 aliphatic heterocycles. The number of nitrogen functional groups attached to an aromatic ring is 1. The number of anilines is 1. The van der Waals surface area contributed by atoms with Crippen molar-refractivity contribution in [1.82, 2.24) is 20.2 Å². The lowest BCUT2D eigenvalue weighted by Crippen LogP contribution is -2.45. The van der Waals surface area contributed by atoms with Crippen molar-refractivity contribution < 1.29 is 14.0 Å². The number of nitrogens with zero attached hydrogens (tertiary/aromatic N) is 3. The van der Waals surface area contributed by atoms with Crippen molar-refractivity contribution in [3.8, 4) is 10.4 Å². The maximum atomic E-state index is 13.9. The van der Waals surface area contributed by atoms with Crippen LogP contribution in [0.2, 0.25) is 0 Å². The van der Waals surface area contributed by atoms with Crippen LogP contribution in [0.5, 0.6) is 0 Å². The molecule has 3 N–H and O–H groups in total. The standard InChI is InChI=1S/C26H22FN5O2S/c27-17-5-1-3-14(9-17)23-22(31-26(28)35-23)25(34)32-18(10-16-11-21(16)32)13-30-24(33)20-6-2-4-15-12-29-8-7-19(15)20/h1-9,12,16,18,21H,10-11,13H2,(H2,28,31)(H,30,33)/t16?,18-,21?/m0/s1. The molecule has 1 aliphatic carbocycles. The van der Waals surface area contributed by atoms with E-state index < -0.39 is 0 Å². The zero-order valence-electron chi connectivity index (χ0n) is 18.6. The maximum absolute atomic E-state index is 13.9. The minimum atomic E-state index is -0.388. The number of carbonyl (C=O) groups is 2. The van der Waals surface area contributed by atoms with Crippen molar-refractivity contribution in [2.75, 3.05) is 12.3 Å². The van der Waals surface area contributed by atoms with Crippen molar-refractivity contribution in [2.45, 2.75) is 24.9 Å². The molecule has 35 heavy (non-hydrogen) atoms. The lowest BCUT2D eigenvalue weighted by atomic mass is 10.1. The van der Waals surface area contributed by atoms with Crippen LogP contribution in [0.3, 0.4) is 0 Å². The summed E-state index contributed by atoms with van der Waals surface area (Å²) in [4.78, 5) is 37.5. The third-order valence-electron chi connectivity index (χ3n) is 6.80. The zero-order valence-corrected chi connectivity index (χ0v) is 19.5. The van der Waals surface area contributed by atoms with Crippen LogP contribution < -0.4 is 11.1 Å². The first-order chi connectivity index (χ1) is 17.0. The minimum absolute atomic E-state index is 0.135. The third kappa shape index (κ3) is 3.91. The second-order valence-electron chi connectivity index (χ2n) is 9.02. The van der Waals surface area contributed by atoms with Crippen LogP contribution in [0.15, 0.2) is 60.9 Å². The van der Waals surface area contributed by atoms with E-state index in [0.717, 1.165) is 23.6 Å². The van der Waals surface area contributed by atoms with E-state index >= 15 is 0 Å². The van der Waals surface area contributed by atoms with Crippen LogP contribution in [0.1, 0.15) is 33.7 Å². The number of hydrogen-bond acceptors (Lipinski definition) is 6. The molecule has 2 aromatic heterocycles. The Kier molecular flexibility index (Phi) is 5.21. The molecule has 0 bridgehead atoms. The van der Waals surface area contributed by atoms with Gasteiger partial charge >= 0.3 is 0 Å². The number of carbonyl (C=O) groups excluding carboxylic acids is 2. The number of thiazole rings is 1. The predicted molar refractivity (Wildman–Crippen MR) is 132 cm³/mol. The summed E-state index contributed by atoms with van der Waals surface area (Å²) in [7, 11) is 0. The second kappa shape index (κ2) is 8.42. The van der Waals surface area contributed by atoms with Gasteiger partial charge in [-0.2, -0.15) is 0 Å². The molecule has 3 heterocycles. The topological polar surface area (TPSA) is 101 Å². The number of hydrogen-bond donors (Lipinski definition) is 2. The molecule has 3 atom stereocenters. The molecular formula is C26H22FN5O2S. The highest BCUT2D eigenvalue weighted by molar-refractivity contribution is 7.19. The average molecular weight is 488 g/mol. The van der Waals surface area contributed by atoms with Crippen LogP contribution in [0.4, 0.5) is 9.52 Å². The van der Waals surface area contributed by atoms with E-state index in [-0.39, 0.29) is 40.5 Å². The molecule has 2 aromatic carbocycles. The van der Waals surface area contributed by atoms with Gasteiger partial charge < -0.3 is 16.0 Å². The van der Waals surface area contributed by atoms with Crippen molar-refractivity contribution in [3.05, 3.63) is 78.0 Å². The number of piperidine rings is 1. The molecule has 9 heteroatoms. The molecule has 1 saturated heterocycles. The van der Waals surface area contributed by atoms with E-state index in [9.17, 15) is 14.0 Å². The molecule has 7 nitrogen and oxygen atoms in total. The van der Waals surface area contributed by atoms with Crippen molar-refractivity contribution in [3.63, 3.8) is 0 Å². The lowest BCUT2D eigenvalue weighted by Gasteiger charge is -2.27. The Bertz CT molecular complexity index is 1470. The fourth-order valence-electron chi connectivity index (χ4n) is 5.11. The molecule has 1 saturated carbocycles. The first kappa shape index (κ1) is 21.7. The molecule has 2 amide bonds. The first-order valence-electron chi connectivity index (χ1n) is 11.5. The Morgan fingerprint density at radius 2 is 2.03 bits per heavy atom. The van der Waals surface area contributed by atoms with Crippen LogP contribution in [0, 0.1) is 11.7 Å². The quantitative estimate of drug-likeness (QED) is 0.441. The molecule has 4 aromatic rings. The zero-order chi connectivity index (χ0) is 24.1. The molecule has 0 spiro atoms. The number of pyridine rings is 1. The smallest absolute Gasteiger partial charge is 0.274 e. The molecule has 0 radical (unpaired) electrons. The maximum Gasteiger partial charge on any atom is 0.274 e. The van der Waals surface area contributed by atoms with Crippen molar-refractivity contribution in [1.29, 1.82) is 0 Å². The molecule has 2 fully saturated rings. The Balaban J connectivity index is 1.23. The number of amides is 2.